The molecule has 0 radical (unpaired) electrons. The topological polar surface area (TPSA) is 63.3 Å². The molecule has 0 saturated carbocycles. The van der Waals surface area contributed by atoms with Crippen molar-refractivity contribution in [2.24, 2.45) is 10.7 Å². The Bertz CT molecular complexity index is 924. The standard InChI is InChI=1S/C18H20N4S3/c1-10-7-12(3)13(8-11(10)2)20-18-22-15(9-24-18)21-17(19)14-5-6-16(23-4)25-14/h5-9H,1-4H3,(H2,19,21)(H,20,22). The summed E-state index contributed by atoms with van der Waals surface area (Å²) in [6, 6.07) is 8.39. The first kappa shape index (κ1) is 18.0. The SMILES string of the molecule is CSc1ccc(C(N)=Nc2csc(Nc3cc(C)c(C)cc3C)n2)s1. The summed E-state index contributed by atoms with van der Waals surface area (Å²) in [7, 11) is 0. The second kappa shape index (κ2) is 7.59. The molecule has 25 heavy (non-hydrogen) atoms. The summed E-state index contributed by atoms with van der Waals surface area (Å²) in [6.07, 6.45) is 2.05. The van der Waals surface area contributed by atoms with Gasteiger partial charge >= 0.3 is 0 Å². The van der Waals surface area contributed by atoms with E-state index in [0.29, 0.717) is 11.7 Å². The first-order valence-corrected chi connectivity index (χ1v) is 10.7. The van der Waals surface area contributed by atoms with Crippen LogP contribution in [0.25, 0.3) is 0 Å². The third-order valence-electron chi connectivity index (χ3n) is 3.84. The molecule has 130 valence electrons. The van der Waals surface area contributed by atoms with E-state index < -0.39 is 0 Å². The number of hydrogen-bond acceptors (Lipinski definition) is 6. The van der Waals surface area contributed by atoms with Gasteiger partial charge < -0.3 is 11.1 Å². The van der Waals surface area contributed by atoms with Crippen molar-refractivity contribution in [1.82, 2.24) is 4.98 Å². The van der Waals surface area contributed by atoms with Crippen molar-refractivity contribution in [3.8, 4) is 0 Å². The van der Waals surface area contributed by atoms with Gasteiger partial charge in [0, 0.05) is 11.1 Å². The van der Waals surface area contributed by atoms with Gasteiger partial charge in [0.15, 0.2) is 10.9 Å². The van der Waals surface area contributed by atoms with Crippen LogP contribution in [-0.4, -0.2) is 17.1 Å². The Morgan fingerprint density at radius 3 is 2.64 bits per heavy atom. The summed E-state index contributed by atoms with van der Waals surface area (Å²) in [5, 5.41) is 6.11. The molecule has 4 nitrogen and oxygen atoms in total. The lowest BCUT2D eigenvalue weighted by Gasteiger charge is -2.10. The van der Waals surface area contributed by atoms with E-state index in [9.17, 15) is 0 Å². The maximum atomic E-state index is 6.11. The maximum Gasteiger partial charge on any atom is 0.189 e. The van der Waals surface area contributed by atoms with Crippen LogP contribution < -0.4 is 11.1 Å². The highest BCUT2D eigenvalue weighted by Gasteiger charge is 2.08. The molecule has 3 rings (SSSR count). The van der Waals surface area contributed by atoms with Crippen LogP contribution in [0.4, 0.5) is 16.6 Å². The Labute approximate surface area is 160 Å². The molecule has 0 aliphatic heterocycles. The zero-order valence-electron chi connectivity index (χ0n) is 14.6. The number of nitrogens with one attached hydrogen (secondary N) is 1. The number of nitrogens with zero attached hydrogens (tertiary/aromatic N) is 2. The smallest absolute Gasteiger partial charge is 0.189 e. The molecule has 0 saturated heterocycles. The highest BCUT2D eigenvalue weighted by atomic mass is 32.2. The fourth-order valence-corrected chi connectivity index (χ4v) is 4.41. The highest BCUT2D eigenvalue weighted by Crippen LogP contribution is 2.29. The van der Waals surface area contributed by atoms with Crippen molar-refractivity contribution in [2.75, 3.05) is 11.6 Å². The monoisotopic (exact) mass is 388 g/mol. The quantitative estimate of drug-likeness (QED) is 0.338. The van der Waals surface area contributed by atoms with Crippen LogP contribution in [0.3, 0.4) is 0 Å². The molecule has 3 N–H and O–H groups in total. The van der Waals surface area contributed by atoms with Gasteiger partial charge in [0.05, 0.1) is 9.09 Å². The second-order valence-electron chi connectivity index (χ2n) is 5.71. The first-order chi connectivity index (χ1) is 12.0. The molecule has 0 atom stereocenters. The van der Waals surface area contributed by atoms with E-state index in [0.717, 1.165) is 15.7 Å². The number of benzene rings is 1. The number of rotatable bonds is 5. The van der Waals surface area contributed by atoms with Gasteiger partial charge in [-0.15, -0.1) is 34.4 Å². The molecular formula is C18H20N4S3. The molecule has 0 aliphatic carbocycles. The number of anilines is 2. The lowest BCUT2D eigenvalue weighted by Crippen LogP contribution is -2.10. The summed E-state index contributed by atoms with van der Waals surface area (Å²) >= 11 is 4.87. The minimum atomic E-state index is 0.504. The summed E-state index contributed by atoms with van der Waals surface area (Å²) < 4.78 is 1.22. The summed E-state index contributed by atoms with van der Waals surface area (Å²) in [5.74, 6) is 1.13. The Morgan fingerprint density at radius 2 is 1.92 bits per heavy atom. The molecule has 0 fully saturated rings. The minimum Gasteiger partial charge on any atom is -0.382 e. The molecule has 2 heterocycles. The van der Waals surface area contributed by atoms with Crippen molar-refractivity contribution in [2.45, 2.75) is 25.0 Å². The van der Waals surface area contributed by atoms with E-state index in [4.69, 9.17) is 5.73 Å². The van der Waals surface area contributed by atoms with Crippen LogP contribution in [0.1, 0.15) is 21.6 Å². The lowest BCUT2D eigenvalue weighted by molar-refractivity contribution is 1.28. The summed E-state index contributed by atoms with van der Waals surface area (Å²) in [6.45, 7) is 6.33. The van der Waals surface area contributed by atoms with Gasteiger partial charge in [-0.2, -0.15) is 0 Å². The van der Waals surface area contributed by atoms with E-state index in [1.165, 1.54) is 32.2 Å². The Hall–Kier alpha value is -1.83. The largest absolute Gasteiger partial charge is 0.382 e. The van der Waals surface area contributed by atoms with E-state index in [2.05, 4.69) is 60.5 Å². The van der Waals surface area contributed by atoms with Gasteiger partial charge in [0.25, 0.3) is 0 Å². The molecule has 0 unspecified atom stereocenters. The fourth-order valence-electron chi connectivity index (χ4n) is 2.33. The van der Waals surface area contributed by atoms with Gasteiger partial charge in [-0.3, -0.25) is 0 Å². The van der Waals surface area contributed by atoms with Gasteiger partial charge in [0.2, 0.25) is 0 Å². The number of nitrogens with two attached hydrogens (primary N) is 1. The number of thiophene rings is 1. The van der Waals surface area contributed by atoms with Gasteiger partial charge in [-0.25, -0.2) is 9.98 Å². The third-order valence-corrected chi connectivity index (χ3v) is 6.78. The average molecular weight is 389 g/mol. The fraction of sp³-hybridized carbons (Fsp3) is 0.222. The molecular weight excluding hydrogens is 368 g/mol. The van der Waals surface area contributed by atoms with Crippen molar-refractivity contribution in [3.05, 3.63) is 51.2 Å². The zero-order chi connectivity index (χ0) is 18.0. The number of hydrogen-bond donors (Lipinski definition) is 2. The summed E-state index contributed by atoms with van der Waals surface area (Å²) in [4.78, 5) is 9.95. The normalized spacial score (nSPS) is 11.8. The second-order valence-corrected chi connectivity index (χ2v) is 8.76. The Morgan fingerprint density at radius 1 is 1.16 bits per heavy atom. The van der Waals surface area contributed by atoms with Crippen molar-refractivity contribution < 1.29 is 0 Å². The van der Waals surface area contributed by atoms with Gasteiger partial charge in [-0.05, 0) is 61.9 Å². The van der Waals surface area contributed by atoms with E-state index in [-0.39, 0.29) is 0 Å². The van der Waals surface area contributed by atoms with Crippen LogP contribution >= 0.6 is 34.4 Å². The zero-order valence-corrected chi connectivity index (χ0v) is 17.0. The molecule has 0 bridgehead atoms. The maximum absolute atomic E-state index is 6.11. The molecule has 0 spiro atoms. The van der Waals surface area contributed by atoms with E-state index in [1.54, 1.807) is 23.1 Å². The first-order valence-electron chi connectivity index (χ1n) is 7.75. The number of thiazole rings is 1. The predicted molar refractivity (Wildman–Crippen MR) is 113 cm³/mol. The number of aliphatic imine (C=N–C) groups is 1. The Balaban J connectivity index is 1.78. The van der Waals surface area contributed by atoms with Crippen molar-refractivity contribution in [3.63, 3.8) is 0 Å². The molecule has 2 aromatic heterocycles. The minimum absolute atomic E-state index is 0.504. The Kier molecular flexibility index (Phi) is 5.46. The van der Waals surface area contributed by atoms with Gasteiger partial charge in [-0.1, -0.05) is 6.07 Å². The third kappa shape index (κ3) is 4.23. The molecule has 0 amide bonds. The lowest BCUT2D eigenvalue weighted by atomic mass is 10.1. The average Bonchev–Trinajstić information content (AvgIpc) is 3.22. The number of amidine groups is 1. The predicted octanol–water partition coefficient (Wildman–Crippen LogP) is 5.63. The summed E-state index contributed by atoms with van der Waals surface area (Å²) in [5.41, 5.74) is 10.9. The van der Waals surface area contributed by atoms with Crippen LogP contribution in [0.2, 0.25) is 0 Å². The van der Waals surface area contributed by atoms with E-state index in [1.807, 2.05) is 11.4 Å². The van der Waals surface area contributed by atoms with Crippen molar-refractivity contribution in [1.29, 1.82) is 0 Å². The highest BCUT2D eigenvalue weighted by molar-refractivity contribution is 8.00. The van der Waals surface area contributed by atoms with Crippen LogP contribution in [0.15, 0.2) is 38.8 Å². The molecule has 7 heteroatoms. The number of aryl methyl sites for hydroxylation is 3. The van der Waals surface area contributed by atoms with Crippen molar-refractivity contribution >= 4 is 56.9 Å². The van der Waals surface area contributed by atoms with Crippen LogP contribution in [0, 0.1) is 20.8 Å². The number of aromatic nitrogens is 1. The molecule has 1 aromatic carbocycles. The molecule has 3 aromatic rings. The molecule has 0 aliphatic rings. The number of thioether (sulfide) groups is 1. The van der Waals surface area contributed by atoms with Crippen LogP contribution in [0.5, 0.6) is 0 Å². The van der Waals surface area contributed by atoms with Gasteiger partial charge in [0.1, 0.15) is 5.84 Å². The van der Waals surface area contributed by atoms with Crippen LogP contribution in [-0.2, 0) is 0 Å². The van der Waals surface area contributed by atoms with E-state index >= 15 is 0 Å².